The Hall–Kier alpha value is -3.32. The van der Waals surface area contributed by atoms with Crippen LogP contribution in [-0.4, -0.2) is 85.2 Å². The Balaban J connectivity index is 1.32. The Morgan fingerprint density at radius 2 is 1.86 bits per heavy atom. The number of nitrogens with zero attached hydrogens (tertiary/aromatic N) is 3. The molecule has 3 heterocycles. The number of nitrogens with one attached hydrogen (secondary N) is 2. The third-order valence-electron chi connectivity index (χ3n) is 7.62. The maximum atomic E-state index is 13.7. The Labute approximate surface area is 255 Å². The summed E-state index contributed by atoms with van der Waals surface area (Å²) in [7, 11) is 1.82. The molecule has 11 heteroatoms. The van der Waals surface area contributed by atoms with Gasteiger partial charge in [0.2, 0.25) is 0 Å². The molecule has 9 nitrogen and oxygen atoms in total. The third-order valence-corrected chi connectivity index (χ3v) is 8.64. The average molecular weight is 608 g/mol. The summed E-state index contributed by atoms with van der Waals surface area (Å²) in [6.45, 7) is 4.22. The van der Waals surface area contributed by atoms with Crippen LogP contribution < -0.4 is 5.32 Å². The lowest BCUT2D eigenvalue weighted by Crippen LogP contribution is -2.55. The lowest BCUT2D eigenvalue weighted by molar-refractivity contribution is -0.232. The van der Waals surface area contributed by atoms with Crippen LogP contribution >= 0.6 is 11.8 Å². The van der Waals surface area contributed by atoms with Gasteiger partial charge in [-0.3, -0.25) is 4.90 Å². The number of likely N-dealkylation sites (N-methyl/N-ethyl adjacent to an activating group) is 1. The first kappa shape index (κ1) is 31.1. The number of halogens is 1. The smallest absolute Gasteiger partial charge is 0.182 e. The first-order chi connectivity index (χ1) is 20.7. The minimum Gasteiger partial charge on any atom is -0.391 e. The van der Waals surface area contributed by atoms with Gasteiger partial charge in [-0.15, -0.1) is 0 Å². The summed E-state index contributed by atoms with van der Waals surface area (Å²) in [5.41, 5.74) is 4.17. The molecule has 0 aliphatic carbocycles. The summed E-state index contributed by atoms with van der Waals surface area (Å²) in [6, 6.07) is 19.9. The van der Waals surface area contributed by atoms with Crippen LogP contribution in [0.15, 0.2) is 78.1 Å². The highest BCUT2D eigenvalue weighted by Gasteiger charge is 2.37. The molecule has 3 unspecified atom stereocenters. The Morgan fingerprint density at radius 1 is 1.12 bits per heavy atom. The number of hydrogen-bond donors (Lipinski definition) is 5. The molecule has 1 saturated heterocycles. The molecule has 0 saturated carbocycles. The van der Waals surface area contributed by atoms with E-state index >= 15 is 0 Å². The first-order valence-electron chi connectivity index (χ1n) is 14.3. The van der Waals surface area contributed by atoms with Crippen molar-refractivity contribution < 1.29 is 24.4 Å². The van der Waals surface area contributed by atoms with Gasteiger partial charge in [0, 0.05) is 41.7 Å². The maximum absolute atomic E-state index is 13.7. The van der Waals surface area contributed by atoms with Crippen molar-refractivity contribution in [3.63, 3.8) is 0 Å². The van der Waals surface area contributed by atoms with Crippen molar-refractivity contribution in [3.05, 3.63) is 84.3 Å². The Bertz CT molecular complexity index is 1470. The fraction of sp³-hybridized carbons (Fsp3) is 0.375. The van der Waals surface area contributed by atoms with Crippen molar-refractivity contribution in [2.75, 3.05) is 24.7 Å². The van der Waals surface area contributed by atoms with Gasteiger partial charge in [0.25, 0.3) is 0 Å². The van der Waals surface area contributed by atoms with E-state index in [1.165, 1.54) is 23.9 Å². The lowest BCUT2D eigenvalue weighted by Gasteiger charge is -2.40. The standard InChI is InChI=1S/C32H38FN5O4S/c1-19-15-26(30(40)31(41)42-19)38(3)17-25(39)18-43-32-36-28(22-9-11-24(33)12-10-22)29(37-32)23-13-14-34-27(16-23)35-20(2)21-7-5-4-6-8-21/h4-14,16,19-20,25-26,30-31,39-41H,15,17-18H2,1-3H3,(H,34,35)(H,36,37)/t19-,20?,25?,26?,30-,31-/m1/s1. The summed E-state index contributed by atoms with van der Waals surface area (Å²) >= 11 is 1.37. The van der Waals surface area contributed by atoms with E-state index in [2.05, 4.69) is 34.3 Å². The third kappa shape index (κ3) is 7.80. The molecule has 228 valence electrons. The molecule has 1 aliphatic heterocycles. The Kier molecular flexibility index (Phi) is 10.1. The molecule has 43 heavy (non-hydrogen) atoms. The lowest BCUT2D eigenvalue weighted by atomic mass is 9.99. The SMILES string of the molecule is CC(Nc1cc(-c2nc(SCC(O)CN(C)C3C[C@@H](C)O[C@@H](O)[C@@H]3O)[nH]c2-c2ccc(F)cc2)ccn1)c1ccccc1. The van der Waals surface area contributed by atoms with Crippen molar-refractivity contribution in [3.8, 4) is 22.5 Å². The van der Waals surface area contributed by atoms with Crippen LogP contribution in [0.4, 0.5) is 10.2 Å². The minimum atomic E-state index is -1.25. The van der Waals surface area contributed by atoms with Crippen molar-refractivity contribution in [1.82, 2.24) is 19.9 Å². The second-order valence-corrected chi connectivity index (χ2v) is 12.0. The predicted octanol–water partition coefficient (Wildman–Crippen LogP) is 4.69. The van der Waals surface area contributed by atoms with Gasteiger partial charge in [0.15, 0.2) is 11.4 Å². The van der Waals surface area contributed by atoms with Gasteiger partial charge in [0.05, 0.1) is 23.6 Å². The number of aliphatic hydroxyl groups is 3. The van der Waals surface area contributed by atoms with E-state index < -0.39 is 18.5 Å². The van der Waals surface area contributed by atoms with Gasteiger partial charge in [-0.05, 0) is 69.3 Å². The fourth-order valence-electron chi connectivity index (χ4n) is 5.34. The van der Waals surface area contributed by atoms with E-state index in [0.29, 0.717) is 35.4 Å². The molecular weight excluding hydrogens is 569 g/mol. The molecule has 5 rings (SSSR count). The monoisotopic (exact) mass is 607 g/mol. The van der Waals surface area contributed by atoms with E-state index in [-0.39, 0.29) is 24.0 Å². The number of H-pyrrole nitrogens is 1. The highest BCUT2D eigenvalue weighted by molar-refractivity contribution is 7.99. The Morgan fingerprint density at radius 3 is 2.60 bits per heavy atom. The summed E-state index contributed by atoms with van der Waals surface area (Å²) in [5, 5.41) is 35.3. The number of aromatic amines is 1. The molecule has 6 atom stereocenters. The van der Waals surface area contributed by atoms with Gasteiger partial charge in [-0.1, -0.05) is 42.1 Å². The van der Waals surface area contributed by atoms with Crippen LogP contribution in [0.1, 0.15) is 31.9 Å². The van der Waals surface area contributed by atoms with Gasteiger partial charge >= 0.3 is 0 Å². The molecule has 2 aromatic carbocycles. The minimum absolute atomic E-state index is 0.0409. The number of imidazole rings is 1. The predicted molar refractivity (Wildman–Crippen MR) is 166 cm³/mol. The zero-order valence-electron chi connectivity index (χ0n) is 24.4. The van der Waals surface area contributed by atoms with Crippen molar-refractivity contribution in [2.24, 2.45) is 0 Å². The van der Waals surface area contributed by atoms with Gasteiger partial charge < -0.3 is 30.4 Å². The van der Waals surface area contributed by atoms with Crippen LogP contribution in [-0.2, 0) is 4.74 Å². The number of anilines is 1. The number of hydrogen-bond acceptors (Lipinski definition) is 9. The second kappa shape index (κ2) is 14.0. The van der Waals surface area contributed by atoms with Crippen molar-refractivity contribution >= 4 is 17.6 Å². The molecule has 1 aliphatic rings. The zero-order chi connectivity index (χ0) is 30.5. The molecule has 1 fully saturated rings. The van der Waals surface area contributed by atoms with Crippen LogP contribution in [0, 0.1) is 5.82 Å². The average Bonchev–Trinajstić information content (AvgIpc) is 3.43. The summed E-state index contributed by atoms with van der Waals surface area (Å²) in [6.07, 6.45) is -0.954. The molecule has 0 amide bonds. The van der Waals surface area contributed by atoms with Crippen molar-refractivity contribution in [1.29, 1.82) is 0 Å². The fourth-order valence-corrected chi connectivity index (χ4v) is 6.12. The van der Waals surface area contributed by atoms with Crippen molar-refractivity contribution in [2.45, 2.75) is 62.1 Å². The topological polar surface area (TPSA) is 127 Å². The van der Waals surface area contributed by atoms with Crippen LogP contribution in [0.5, 0.6) is 0 Å². The number of ether oxygens (including phenoxy) is 1. The van der Waals surface area contributed by atoms with E-state index in [1.807, 2.05) is 49.2 Å². The number of benzene rings is 2. The summed E-state index contributed by atoms with van der Waals surface area (Å²) in [5.74, 6) is 0.716. The number of aliphatic hydroxyl groups excluding tert-OH is 3. The van der Waals surface area contributed by atoms with E-state index in [1.54, 1.807) is 18.3 Å². The highest BCUT2D eigenvalue weighted by Crippen LogP contribution is 2.34. The van der Waals surface area contributed by atoms with Crippen LogP contribution in [0.25, 0.3) is 22.5 Å². The van der Waals surface area contributed by atoms with E-state index in [0.717, 1.165) is 22.4 Å². The molecule has 5 N–H and O–H groups in total. The van der Waals surface area contributed by atoms with E-state index in [4.69, 9.17) is 9.72 Å². The summed E-state index contributed by atoms with van der Waals surface area (Å²) < 4.78 is 19.0. The number of pyridine rings is 1. The number of thioether (sulfide) groups is 1. The molecule has 0 spiro atoms. The van der Waals surface area contributed by atoms with Crippen LogP contribution in [0.3, 0.4) is 0 Å². The highest BCUT2D eigenvalue weighted by atomic mass is 32.2. The second-order valence-electron chi connectivity index (χ2n) is 11.0. The summed E-state index contributed by atoms with van der Waals surface area (Å²) in [4.78, 5) is 14.6. The van der Waals surface area contributed by atoms with Gasteiger partial charge in [0.1, 0.15) is 17.7 Å². The largest absolute Gasteiger partial charge is 0.391 e. The normalized spacial score (nSPS) is 22.0. The maximum Gasteiger partial charge on any atom is 0.182 e. The molecule has 2 aromatic heterocycles. The van der Waals surface area contributed by atoms with E-state index in [9.17, 15) is 19.7 Å². The first-order valence-corrected chi connectivity index (χ1v) is 15.3. The quantitative estimate of drug-likeness (QED) is 0.154. The number of rotatable bonds is 11. The zero-order valence-corrected chi connectivity index (χ0v) is 25.2. The van der Waals surface area contributed by atoms with Crippen LogP contribution in [0.2, 0.25) is 0 Å². The van der Waals surface area contributed by atoms with Gasteiger partial charge in [-0.25, -0.2) is 14.4 Å². The molecule has 0 bridgehead atoms. The number of aromatic nitrogens is 3. The molecule has 0 radical (unpaired) electrons. The molecule has 4 aromatic rings. The molecular formula is C32H38FN5O4S. The van der Waals surface area contributed by atoms with Gasteiger partial charge in [-0.2, -0.15) is 0 Å².